The summed E-state index contributed by atoms with van der Waals surface area (Å²) in [7, 11) is 0. The predicted molar refractivity (Wildman–Crippen MR) is 85.3 cm³/mol. The molecule has 116 valence electrons. The van der Waals surface area contributed by atoms with Crippen LogP contribution < -0.4 is 11.1 Å². The van der Waals surface area contributed by atoms with E-state index in [1.54, 1.807) is 17.8 Å². The molecule has 6 heteroatoms. The normalized spacial score (nSPS) is 23.0. The molecule has 0 radical (unpaired) electrons. The van der Waals surface area contributed by atoms with E-state index in [-0.39, 0.29) is 30.2 Å². The number of hydrogen-bond donors (Lipinski definition) is 2. The lowest BCUT2D eigenvalue weighted by atomic mass is 9.96. The van der Waals surface area contributed by atoms with Gasteiger partial charge < -0.3 is 11.1 Å². The molecule has 3 N–H and O–H groups in total. The maximum absolute atomic E-state index is 13.4. The van der Waals surface area contributed by atoms with Gasteiger partial charge in [-0.3, -0.25) is 4.79 Å². The number of fused-ring (bicyclic) bond motifs is 1. The van der Waals surface area contributed by atoms with Gasteiger partial charge in [-0.05, 0) is 43.0 Å². The largest absolute Gasteiger partial charge is 0.348 e. The molecule has 1 fully saturated rings. The average molecular weight is 331 g/mol. The van der Waals surface area contributed by atoms with E-state index in [4.69, 9.17) is 5.73 Å². The Kier molecular flexibility index (Phi) is 5.17. The summed E-state index contributed by atoms with van der Waals surface area (Å²) in [5, 5.41) is 3.04. The van der Waals surface area contributed by atoms with Crippen LogP contribution in [0.1, 0.15) is 43.7 Å². The molecule has 1 saturated carbocycles. The van der Waals surface area contributed by atoms with E-state index in [1.165, 1.54) is 12.1 Å². The highest BCUT2D eigenvalue weighted by Gasteiger charge is 2.38. The molecule has 3 rings (SSSR count). The van der Waals surface area contributed by atoms with Crippen molar-refractivity contribution < 1.29 is 9.18 Å². The van der Waals surface area contributed by atoms with Crippen molar-refractivity contribution in [1.82, 2.24) is 5.32 Å². The lowest BCUT2D eigenvalue weighted by Gasteiger charge is -2.30. The fourth-order valence-corrected chi connectivity index (χ4v) is 4.16. The standard InChI is InChI=1S/C15H19FN2OS.ClH/c16-10-3-4-13-11(9-10)12(5-8-20-13)18-14(19)15(17)6-1-2-7-15;/h3-4,9,12H,1-2,5-8,17H2,(H,18,19);1H. The smallest absolute Gasteiger partial charge is 0.240 e. The Morgan fingerprint density at radius 2 is 2.10 bits per heavy atom. The lowest BCUT2D eigenvalue weighted by molar-refractivity contribution is -0.127. The van der Waals surface area contributed by atoms with Crippen LogP contribution in [0.5, 0.6) is 0 Å². The number of halogens is 2. The molecule has 0 saturated heterocycles. The van der Waals surface area contributed by atoms with Crippen LogP contribution in [0.4, 0.5) is 4.39 Å². The quantitative estimate of drug-likeness (QED) is 0.875. The third kappa shape index (κ3) is 3.35. The van der Waals surface area contributed by atoms with Gasteiger partial charge in [0.1, 0.15) is 5.82 Å². The van der Waals surface area contributed by atoms with E-state index in [1.807, 2.05) is 0 Å². The number of hydrogen-bond acceptors (Lipinski definition) is 3. The Hall–Kier alpha value is -0.780. The van der Waals surface area contributed by atoms with Gasteiger partial charge in [-0.15, -0.1) is 24.2 Å². The summed E-state index contributed by atoms with van der Waals surface area (Å²) in [6.07, 6.45) is 4.33. The van der Waals surface area contributed by atoms with Gasteiger partial charge in [-0.2, -0.15) is 0 Å². The second-order valence-electron chi connectivity index (χ2n) is 5.71. The zero-order valence-electron chi connectivity index (χ0n) is 11.7. The third-order valence-electron chi connectivity index (χ3n) is 4.26. The van der Waals surface area contributed by atoms with Gasteiger partial charge in [0.25, 0.3) is 0 Å². The van der Waals surface area contributed by atoms with E-state index in [9.17, 15) is 9.18 Å². The van der Waals surface area contributed by atoms with Crippen molar-refractivity contribution in [2.24, 2.45) is 5.73 Å². The summed E-state index contributed by atoms with van der Waals surface area (Å²) >= 11 is 1.71. The SMILES string of the molecule is Cl.NC1(C(=O)NC2CCSc3ccc(F)cc32)CCCC1. The Labute approximate surface area is 134 Å². The average Bonchev–Trinajstić information content (AvgIpc) is 2.88. The molecule has 1 aliphatic heterocycles. The molecule has 21 heavy (non-hydrogen) atoms. The number of amides is 1. The number of thioether (sulfide) groups is 1. The molecule has 3 nitrogen and oxygen atoms in total. The Morgan fingerprint density at radius 3 is 2.81 bits per heavy atom. The first-order valence-electron chi connectivity index (χ1n) is 7.11. The first kappa shape index (κ1) is 16.6. The molecular formula is C15H20ClFN2OS. The van der Waals surface area contributed by atoms with Crippen molar-refractivity contribution in [2.45, 2.75) is 48.6 Å². The van der Waals surface area contributed by atoms with Crippen LogP contribution in [0.15, 0.2) is 23.1 Å². The second kappa shape index (κ2) is 6.55. The highest BCUT2D eigenvalue weighted by molar-refractivity contribution is 7.99. The minimum atomic E-state index is -0.724. The molecule has 1 unspecified atom stereocenters. The monoisotopic (exact) mass is 330 g/mol. The Bertz CT molecular complexity index is 534. The van der Waals surface area contributed by atoms with E-state index < -0.39 is 5.54 Å². The summed E-state index contributed by atoms with van der Waals surface area (Å²) in [5.74, 6) is 0.595. The Morgan fingerprint density at radius 1 is 1.38 bits per heavy atom. The molecule has 1 atom stereocenters. The van der Waals surface area contributed by atoms with E-state index in [0.29, 0.717) is 0 Å². The lowest BCUT2D eigenvalue weighted by Crippen LogP contribution is -2.52. The summed E-state index contributed by atoms with van der Waals surface area (Å²) in [5.41, 5.74) is 6.34. The van der Waals surface area contributed by atoms with Crippen LogP contribution in [0.25, 0.3) is 0 Å². The first-order valence-corrected chi connectivity index (χ1v) is 8.09. The van der Waals surface area contributed by atoms with Crippen LogP contribution in [-0.4, -0.2) is 17.2 Å². The van der Waals surface area contributed by atoms with E-state index >= 15 is 0 Å². The number of nitrogens with one attached hydrogen (secondary N) is 1. The van der Waals surface area contributed by atoms with Crippen molar-refractivity contribution in [3.05, 3.63) is 29.6 Å². The number of carbonyl (C=O) groups is 1. The van der Waals surface area contributed by atoms with Crippen molar-refractivity contribution in [3.8, 4) is 0 Å². The number of benzene rings is 1. The molecule has 0 aromatic heterocycles. The summed E-state index contributed by atoms with van der Waals surface area (Å²) in [6.45, 7) is 0. The van der Waals surface area contributed by atoms with Crippen molar-refractivity contribution >= 4 is 30.1 Å². The maximum Gasteiger partial charge on any atom is 0.240 e. The predicted octanol–water partition coefficient (Wildman–Crippen LogP) is 3.17. The van der Waals surface area contributed by atoms with Crippen LogP contribution >= 0.6 is 24.2 Å². The zero-order valence-corrected chi connectivity index (χ0v) is 13.4. The highest BCUT2D eigenvalue weighted by atomic mass is 35.5. The molecule has 0 bridgehead atoms. The number of carbonyl (C=O) groups excluding carboxylic acids is 1. The van der Waals surface area contributed by atoms with Gasteiger partial charge in [-0.25, -0.2) is 4.39 Å². The number of rotatable bonds is 2. The van der Waals surface area contributed by atoms with Crippen molar-refractivity contribution in [3.63, 3.8) is 0 Å². The summed E-state index contributed by atoms with van der Waals surface area (Å²) in [6, 6.07) is 4.68. The molecule has 1 aromatic carbocycles. The topological polar surface area (TPSA) is 55.1 Å². The van der Waals surface area contributed by atoms with Gasteiger partial charge in [0.05, 0.1) is 11.6 Å². The highest BCUT2D eigenvalue weighted by Crippen LogP contribution is 2.37. The molecule has 2 aliphatic rings. The maximum atomic E-state index is 13.4. The van der Waals surface area contributed by atoms with Crippen molar-refractivity contribution in [1.29, 1.82) is 0 Å². The molecule has 1 amide bonds. The molecule has 1 heterocycles. The van der Waals surface area contributed by atoms with E-state index in [0.717, 1.165) is 48.3 Å². The van der Waals surface area contributed by atoms with Crippen LogP contribution in [0.3, 0.4) is 0 Å². The summed E-state index contributed by atoms with van der Waals surface area (Å²) < 4.78 is 13.4. The van der Waals surface area contributed by atoms with Gasteiger partial charge >= 0.3 is 0 Å². The molecular weight excluding hydrogens is 311 g/mol. The van der Waals surface area contributed by atoms with Crippen LogP contribution in [0, 0.1) is 5.82 Å². The van der Waals surface area contributed by atoms with Crippen LogP contribution in [-0.2, 0) is 4.79 Å². The van der Waals surface area contributed by atoms with Gasteiger partial charge in [0.15, 0.2) is 0 Å². The minimum absolute atomic E-state index is 0. The zero-order chi connectivity index (χ0) is 14.2. The Balaban J connectivity index is 0.00000161. The van der Waals surface area contributed by atoms with Gasteiger partial charge in [0.2, 0.25) is 5.91 Å². The van der Waals surface area contributed by atoms with Crippen molar-refractivity contribution in [2.75, 3.05) is 5.75 Å². The van der Waals surface area contributed by atoms with Gasteiger partial charge in [0, 0.05) is 10.6 Å². The number of nitrogens with two attached hydrogens (primary N) is 1. The fourth-order valence-electron chi connectivity index (χ4n) is 3.05. The second-order valence-corrected chi connectivity index (χ2v) is 6.85. The summed E-state index contributed by atoms with van der Waals surface area (Å²) in [4.78, 5) is 13.4. The minimum Gasteiger partial charge on any atom is -0.348 e. The van der Waals surface area contributed by atoms with Gasteiger partial charge in [-0.1, -0.05) is 12.8 Å². The first-order chi connectivity index (χ1) is 9.58. The third-order valence-corrected chi connectivity index (χ3v) is 5.39. The molecule has 1 aliphatic carbocycles. The van der Waals surface area contributed by atoms with E-state index in [2.05, 4.69) is 5.32 Å². The molecule has 0 spiro atoms. The molecule has 1 aromatic rings. The fraction of sp³-hybridized carbons (Fsp3) is 0.533. The van der Waals surface area contributed by atoms with Crippen LogP contribution in [0.2, 0.25) is 0 Å².